The average Bonchev–Trinajstić information content (AvgIpc) is 3.37. The molecule has 0 aromatic heterocycles. The molecule has 8 nitrogen and oxygen atoms in total. The molecule has 1 saturated heterocycles. The Bertz CT molecular complexity index is 1040. The van der Waals surface area contributed by atoms with Crippen LogP contribution in [-0.4, -0.2) is 67.4 Å². The normalized spacial score (nSPS) is 19.7. The van der Waals surface area contributed by atoms with E-state index in [1.807, 2.05) is 43.3 Å². The lowest BCUT2D eigenvalue weighted by Gasteiger charge is -2.24. The zero-order valence-corrected chi connectivity index (χ0v) is 20.1. The number of hydrogen-bond acceptors (Lipinski definition) is 5. The maximum atomic E-state index is 13.2. The van der Waals surface area contributed by atoms with Crippen molar-refractivity contribution in [2.24, 2.45) is 11.8 Å². The van der Waals surface area contributed by atoms with Crippen molar-refractivity contribution in [3.63, 3.8) is 0 Å². The molecule has 2 aromatic rings. The van der Waals surface area contributed by atoms with Crippen LogP contribution in [0.5, 0.6) is 0 Å². The number of hydrogen-bond donors (Lipinski definition) is 2. The number of carbonyl (C=O) groups excluding carboxylic acids is 2. The van der Waals surface area contributed by atoms with Gasteiger partial charge in [0.05, 0.1) is 6.42 Å². The number of alkyl carbamates (subject to hydrolysis) is 1. The van der Waals surface area contributed by atoms with E-state index >= 15 is 0 Å². The van der Waals surface area contributed by atoms with Gasteiger partial charge < -0.3 is 24.8 Å². The summed E-state index contributed by atoms with van der Waals surface area (Å²) in [6, 6.07) is 15.4. The zero-order chi connectivity index (χ0) is 24.9. The molecule has 3 unspecified atom stereocenters. The highest BCUT2D eigenvalue weighted by molar-refractivity contribution is 5.86. The molecule has 1 fully saturated rings. The van der Waals surface area contributed by atoms with E-state index in [1.165, 1.54) is 7.11 Å². The minimum atomic E-state index is -0.871. The van der Waals surface area contributed by atoms with Crippen LogP contribution >= 0.6 is 0 Å². The number of aliphatic carboxylic acids is 1. The molecule has 2 aliphatic rings. The van der Waals surface area contributed by atoms with Crippen molar-refractivity contribution in [1.82, 2.24) is 10.2 Å². The summed E-state index contributed by atoms with van der Waals surface area (Å²) in [5.74, 6) is -1.21. The minimum absolute atomic E-state index is 0.0213. The highest BCUT2D eigenvalue weighted by Crippen LogP contribution is 2.44. The summed E-state index contributed by atoms with van der Waals surface area (Å²) in [5, 5.41) is 11.9. The smallest absolute Gasteiger partial charge is 0.407 e. The van der Waals surface area contributed by atoms with Crippen molar-refractivity contribution in [3.05, 3.63) is 59.7 Å². The molecule has 0 bridgehead atoms. The van der Waals surface area contributed by atoms with Gasteiger partial charge in [0.25, 0.3) is 0 Å². The van der Waals surface area contributed by atoms with Gasteiger partial charge in [0.15, 0.2) is 0 Å². The van der Waals surface area contributed by atoms with Crippen molar-refractivity contribution in [2.45, 2.75) is 31.7 Å². The van der Waals surface area contributed by atoms with Crippen LogP contribution in [0.1, 0.15) is 36.8 Å². The SMILES string of the molecule is COCCC(NC(=O)OCC1c2ccccc2-c2ccccc21)C(=O)N1CC(C)C(CC(=O)O)C1. The van der Waals surface area contributed by atoms with E-state index in [2.05, 4.69) is 17.4 Å². The van der Waals surface area contributed by atoms with Gasteiger partial charge in [-0.1, -0.05) is 55.5 Å². The van der Waals surface area contributed by atoms with Crippen LogP contribution in [0.25, 0.3) is 11.1 Å². The van der Waals surface area contributed by atoms with Crippen LogP contribution in [-0.2, 0) is 19.1 Å². The summed E-state index contributed by atoms with van der Waals surface area (Å²) >= 11 is 0. The number of methoxy groups -OCH3 is 1. The Labute approximate surface area is 205 Å². The first kappa shape index (κ1) is 24.7. The van der Waals surface area contributed by atoms with Crippen LogP contribution in [0.15, 0.2) is 48.5 Å². The number of carboxylic acid groups (broad SMARTS) is 1. The van der Waals surface area contributed by atoms with E-state index in [0.717, 1.165) is 22.3 Å². The molecule has 8 heteroatoms. The topological polar surface area (TPSA) is 105 Å². The fraction of sp³-hybridized carbons (Fsp3) is 0.444. The Kier molecular flexibility index (Phi) is 7.70. The Morgan fingerprint density at radius 2 is 1.69 bits per heavy atom. The standard InChI is InChI=1S/C27H32N2O6/c1-17-14-29(15-18(17)13-25(30)31)26(32)24(11-12-34-2)28-27(33)35-16-23-21-9-5-3-7-19(21)20-8-4-6-10-22(20)23/h3-10,17-18,23-24H,11-16H2,1-2H3,(H,28,33)(H,30,31). The van der Waals surface area contributed by atoms with E-state index in [1.54, 1.807) is 4.90 Å². The van der Waals surface area contributed by atoms with Gasteiger partial charge in [0.1, 0.15) is 12.6 Å². The largest absolute Gasteiger partial charge is 0.481 e. The van der Waals surface area contributed by atoms with Gasteiger partial charge in [0.2, 0.25) is 5.91 Å². The predicted octanol–water partition coefficient (Wildman–Crippen LogP) is 3.50. The fourth-order valence-electron chi connectivity index (χ4n) is 5.20. The molecule has 1 heterocycles. The van der Waals surface area contributed by atoms with E-state index in [0.29, 0.717) is 26.1 Å². The van der Waals surface area contributed by atoms with Gasteiger partial charge in [0, 0.05) is 39.1 Å². The van der Waals surface area contributed by atoms with Gasteiger partial charge in [-0.15, -0.1) is 0 Å². The van der Waals surface area contributed by atoms with Crippen LogP contribution in [0, 0.1) is 11.8 Å². The molecule has 2 N–H and O–H groups in total. The number of rotatable bonds is 9. The number of carbonyl (C=O) groups is 3. The summed E-state index contributed by atoms with van der Waals surface area (Å²) in [5.41, 5.74) is 4.52. The van der Waals surface area contributed by atoms with Crippen molar-refractivity contribution < 1.29 is 29.0 Å². The van der Waals surface area contributed by atoms with Crippen molar-refractivity contribution in [3.8, 4) is 11.1 Å². The molecule has 0 radical (unpaired) electrons. The zero-order valence-electron chi connectivity index (χ0n) is 20.1. The quantitative estimate of drug-likeness (QED) is 0.569. The Morgan fingerprint density at radius 1 is 1.06 bits per heavy atom. The second-order valence-electron chi connectivity index (χ2n) is 9.38. The molecule has 35 heavy (non-hydrogen) atoms. The third-order valence-corrected chi connectivity index (χ3v) is 7.06. The number of fused-ring (bicyclic) bond motifs is 3. The number of ether oxygens (including phenoxy) is 2. The van der Waals surface area contributed by atoms with E-state index < -0.39 is 18.1 Å². The first-order chi connectivity index (χ1) is 16.9. The minimum Gasteiger partial charge on any atom is -0.481 e. The molecule has 0 saturated carbocycles. The molecule has 1 aliphatic heterocycles. The van der Waals surface area contributed by atoms with Gasteiger partial charge in [-0.2, -0.15) is 0 Å². The number of nitrogens with one attached hydrogen (secondary N) is 1. The number of benzene rings is 2. The van der Waals surface area contributed by atoms with Gasteiger partial charge in [-0.05, 0) is 34.1 Å². The van der Waals surface area contributed by atoms with Crippen LogP contribution in [0.2, 0.25) is 0 Å². The molecular formula is C27H32N2O6. The summed E-state index contributed by atoms with van der Waals surface area (Å²) < 4.78 is 10.8. The van der Waals surface area contributed by atoms with Crippen molar-refractivity contribution in [1.29, 1.82) is 0 Å². The molecule has 1 aliphatic carbocycles. The van der Waals surface area contributed by atoms with Crippen LogP contribution in [0.3, 0.4) is 0 Å². The first-order valence-corrected chi connectivity index (χ1v) is 12.0. The monoisotopic (exact) mass is 480 g/mol. The molecule has 4 rings (SSSR count). The molecule has 2 aromatic carbocycles. The highest BCUT2D eigenvalue weighted by atomic mass is 16.5. The molecule has 2 amide bonds. The number of carboxylic acids is 1. The summed E-state index contributed by atoms with van der Waals surface area (Å²) in [6.45, 7) is 3.23. The molecular weight excluding hydrogens is 448 g/mol. The van der Waals surface area contributed by atoms with E-state index in [4.69, 9.17) is 14.6 Å². The Balaban J connectivity index is 1.40. The van der Waals surface area contributed by atoms with Crippen molar-refractivity contribution in [2.75, 3.05) is 33.4 Å². The van der Waals surface area contributed by atoms with Gasteiger partial charge >= 0.3 is 12.1 Å². The highest BCUT2D eigenvalue weighted by Gasteiger charge is 2.37. The summed E-state index contributed by atoms with van der Waals surface area (Å²) in [6.07, 6.45) is -0.336. The molecule has 186 valence electrons. The lowest BCUT2D eigenvalue weighted by atomic mass is 9.95. The lowest BCUT2D eigenvalue weighted by Crippen LogP contribution is -2.48. The maximum Gasteiger partial charge on any atom is 0.407 e. The van der Waals surface area contributed by atoms with E-state index in [-0.39, 0.29) is 36.7 Å². The molecule has 0 spiro atoms. The molecule has 3 atom stereocenters. The Hall–Kier alpha value is -3.39. The second kappa shape index (κ2) is 10.9. The van der Waals surface area contributed by atoms with E-state index in [9.17, 15) is 14.4 Å². The van der Waals surface area contributed by atoms with Crippen LogP contribution in [0.4, 0.5) is 4.79 Å². The second-order valence-corrected chi connectivity index (χ2v) is 9.38. The van der Waals surface area contributed by atoms with Crippen molar-refractivity contribution >= 4 is 18.0 Å². The van der Waals surface area contributed by atoms with Gasteiger partial charge in [-0.3, -0.25) is 9.59 Å². The average molecular weight is 481 g/mol. The third kappa shape index (κ3) is 5.48. The fourth-order valence-corrected chi connectivity index (χ4v) is 5.20. The summed E-state index contributed by atoms with van der Waals surface area (Å²) in [7, 11) is 1.54. The van der Waals surface area contributed by atoms with Crippen LogP contribution < -0.4 is 5.32 Å². The maximum absolute atomic E-state index is 13.2. The Morgan fingerprint density at radius 3 is 2.29 bits per heavy atom. The number of likely N-dealkylation sites (tertiary alicyclic amines) is 1. The number of nitrogens with zero attached hydrogens (tertiary/aromatic N) is 1. The first-order valence-electron chi connectivity index (χ1n) is 12.0. The lowest BCUT2D eigenvalue weighted by molar-refractivity contribution is -0.139. The third-order valence-electron chi connectivity index (χ3n) is 7.06. The predicted molar refractivity (Wildman–Crippen MR) is 130 cm³/mol. The summed E-state index contributed by atoms with van der Waals surface area (Å²) in [4.78, 5) is 38.8. The number of amides is 2. The van der Waals surface area contributed by atoms with Gasteiger partial charge in [-0.25, -0.2) is 4.79 Å².